The number of pyridine rings is 1. The summed E-state index contributed by atoms with van der Waals surface area (Å²) in [6.45, 7) is 1.23. The van der Waals surface area contributed by atoms with Gasteiger partial charge >= 0.3 is 0 Å². The van der Waals surface area contributed by atoms with E-state index in [2.05, 4.69) is 10.3 Å². The van der Waals surface area contributed by atoms with E-state index in [1.165, 1.54) is 0 Å². The third kappa shape index (κ3) is 4.78. The second-order valence-electron chi connectivity index (χ2n) is 7.13. The SMILES string of the molecule is O=C(CCN1CCCCCC1=O)N[C@H](c1ccccn1)C1CC(O)C1. The zero-order chi connectivity index (χ0) is 17.6. The molecule has 0 spiro atoms. The van der Waals surface area contributed by atoms with Crippen molar-refractivity contribution in [3.05, 3.63) is 30.1 Å². The highest BCUT2D eigenvalue weighted by atomic mass is 16.3. The van der Waals surface area contributed by atoms with E-state index in [1.807, 2.05) is 23.1 Å². The molecule has 0 aromatic carbocycles. The first kappa shape index (κ1) is 17.9. The molecule has 1 saturated carbocycles. The fourth-order valence-corrected chi connectivity index (χ4v) is 3.65. The van der Waals surface area contributed by atoms with Gasteiger partial charge in [0.05, 0.1) is 17.8 Å². The van der Waals surface area contributed by atoms with Gasteiger partial charge in [0.25, 0.3) is 0 Å². The monoisotopic (exact) mass is 345 g/mol. The van der Waals surface area contributed by atoms with Crippen LogP contribution in [0.1, 0.15) is 56.7 Å². The summed E-state index contributed by atoms with van der Waals surface area (Å²) in [6, 6.07) is 5.50. The Bertz CT molecular complexity index is 587. The molecule has 2 heterocycles. The van der Waals surface area contributed by atoms with Crippen LogP contribution in [0.4, 0.5) is 0 Å². The highest BCUT2D eigenvalue weighted by Crippen LogP contribution is 2.37. The molecule has 6 heteroatoms. The standard InChI is InChI=1S/C19H27N3O3/c23-15-12-14(13-15)19(16-6-3-4-9-20-16)21-17(24)8-11-22-10-5-1-2-7-18(22)25/h3-4,6,9,14-15,19,23H,1-2,5,7-8,10-13H2,(H,21,24)/t14?,15?,19-/m0/s1. The van der Waals surface area contributed by atoms with E-state index in [-0.39, 0.29) is 29.9 Å². The lowest BCUT2D eigenvalue weighted by Crippen LogP contribution is -2.42. The molecule has 1 aliphatic carbocycles. The van der Waals surface area contributed by atoms with E-state index >= 15 is 0 Å². The second-order valence-corrected chi connectivity index (χ2v) is 7.13. The minimum Gasteiger partial charge on any atom is -0.393 e. The van der Waals surface area contributed by atoms with Gasteiger partial charge in [-0.2, -0.15) is 0 Å². The fraction of sp³-hybridized carbons (Fsp3) is 0.632. The number of carbonyl (C=O) groups is 2. The Morgan fingerprint density at radius 3 is 2.88 bits per heavy atom. The molecule has 1 aromatic heterocycles. The number of hydrogen-bond donors (Lipinski definition) is 2. The summed E-state index contributed by atoms with van der Waals surface area (Å²) in [5.74, 6) is 0.316. The molecule has 2 aliphatic rings. The maximum Gasteiger partial charge on any atom is 0.222 e. The van der Waals surface area contributed by atoms with Gasteiger partial charge in [-0.1, -0.05) is 12.5 Å². The number of likely N-dealkylation sites (tertiary alicyclic amines) is 1. The number of nitrogens with one attached hydrogen (secondary N) is 1. The number of aliphatic hydroxyl groups excluding tert-OH is 1. The Morgan fingerprint density at radius 2 is 2.16 bits per heavy atom. The van der Waals surface area contributed by atoms with Crippen molar-refractivity contribution in [2.24, 2.45) is 5.92 Å². The molecule has 0 radical (unpaired) electrons. The highest BCUT2D eigenvalue weighted by Gasteiger charge is 2.36. The Kier molecular flexibility index (Phi) is 6.02. The van der Waals surface area contributed by atoms with Crippen LogP contribution < -0.4 is 5.32 Å². The van der Waals surface area contributed by atoms with Crippen molar-refractivity contribution < 1.29 is 14.7 Å². The van der Waals surface area contributed by atoms with Gasteiger partial charge in [-0.3, -0.25) is 14.6 Å². The summed E-state index contributed by atoms with van der Waals surface area (Å²) in [4.78, 5) is 30.7. The summed E-state index contributed by atoms with van der Waals surface area (Å²) in [5, 5.41) is 12.7. The van der Waals surface area contributed by atoms with Gasteiger partial charge in [0.15, 0.2) is 0 Å². The van der Waals surface area contributed by atoms with Gasteiger partial charge in [-0.15, -0.1) is 0 Å². The van der Waals surface area contributed by atoms with Crippen molar-refractivity contribution >= 4 is 11.8 Å². The van der Waals surface area contributed by atoms with E-state index in [1.54, 1.807) is 6.20 Å². The van der Waals surface area contributed by atoms with Crippen LogP contribution in [0.2, 0.25) is 0 Å². The lowest BCUT2D eigenvalue weighted by molar-refractivity contribution is -0.131. The molecular weight excluding hydrogens is 318 g/mol. The molecule has 2 N–H and O–H groups in total. The molecule has 1 aromatic rings. The van der Waals surface area contributed by atoms with Crippen LogP contribution in [0, 0.1) is 5.92 Å². The van der Waals surface area contributed by atoms with Crippen molar-refractivity contribution in [2.45, 2.75) is 57.1 Å². The third-order valence-corrected chi connectivity index (χ3v) is 5.22. The van der Waals surface area contributed by atoms with Crippen molar-refractivity contribution in [3.63, 3.8) is 0 Å². The normalized spacial score (nSPS) is 25.0. The third-order valence-electron chi connectivity index (χ3n) is 5.22. The van der Waals surface area contributed by atoms with Crippen LogP contribution in [0.15, 0.2) is 24.4 Å². The second kappa shape index (κ2) is 8.43. The molecule has 2 fully saturated rings. The van der Waals surface area contributed by atoms with Gasteiger partial charge in [0, 0.05) is 32.1 Å². The van der Waals surface area contributed by atoms with E-state index < -0.39 is 0 Å². The highest BCUT2D eigenvalue weighted by molar-refractivity contribution is 5.79. The molecule has 136 valence electrons. The largest absolute Gasteiger partial charge is 0.393 e. The van der Waals surface area contributed by atoms with Gasteiger partial charge < -0.3 is 15.3 Å². The number of amides is 2. The first-order valence-electron chi connectivity index (χ1n) is 9.29. The number of aromatic nitrogens is 1. The first-order chi connectivity index (χ1) is 12.1. The smallest absolute Gasteiger partial charge is 0.222 e. The van der Waals surface area contributed by atoms with Gasteiger partial charge in [0.1, 0.15) is 0 Å². The summed E-state index contributed by atoms with van der Waals surface area (Å²) in [5.41, 5.74) is 0.832. The summed E-state index contributed by atoms with van der Waals surface area (Å²) in [7, 11) is 0. The van der Waals surface area contributed by atoms with Crippen LogP contribution in [0.3, 0.4) is 0 Å². The van der Waals surface area contributed by atoms with E-state index in [4.69, 9.17) is 0 Å². The van der Waals surface area contributed by atoms with Crippen LogP contribution >= 0.6 is 0 Å². The Balaban J connectivity index is 1.56. The Labute approximate surface area is 148 Å². The molecular formula is C19H27N3O3. The number of aliphatic hydroxyl groups is 1. The molecule has 3 rings (SSSR count). The topological polar surface area (TPSA) is 82.5 Å². The Morgan fingerprint density at radius 1 is 1.32 bits per heavy atom. The molecule has 0 unspecified atom stereocenters. The van der Waals surface area contributed by atoms with Crippen LogP contribution in [-0.4, -0.2) is 46.0 Å². The number of nitrogens with zero attached hydrogens (tertiary/aromatic N) is 2. The van der Waals surface area contributed by atoms with Crippen LogP contribution in [0.25, 0.3) is 0 Å². The summed E-state index contributed by atoms with van der Waals surface area (Å²) >= 11 is 0. The van der Waals surface area contributed by atoms with Crippen LogP contribution in [-0.2, 0) is 9.59 Å². The first-order valence-corrected chi connectivity index (χ1v) is 9.29. The predicted octanol–water partition coefficient (Wildman–Crippen LogP) is 1.80. The molecule has 25 heavy (non-hydrogen) atoms. The van der Waals surface area contributed by atoms with E-state index in [0.717, 1.165) is 31.5 Å². The number of carbonyl (C=O) groups excluding carboxylic acids is 2. The van der Waals surface area contributed by atoms with Gasteiger partial charge in [-0.05, 0) is 43.7 Å². The zero-order valence-corrected chi connectivity index (χ0v) is 14.6. The molecule has 1 atom stereocenters. The molecule has 1 aliphatic heterocycles. The maximum atomic E-state index is 12.4. The van der Waals surface area contributed by atoms with Gasteiger partial charge in [0.2, 0.25) is 11.8 Å². The molecule has 6 nitrogen and oxygen atoms in total. The summed E-state index contributed by atoms with van der Waals surface area (Å²) < 4.78 is 0. The van der Waals surface area contributed by atoms with Crippen molar-refractivity contribution in [1.29, 1.82) is 0 Å². The number of hydrogen-bond acceptors (Lipinski definition) is 4. The predicted molar refractivity (Wildman–Crippen MR) is 93.5 cm³/mol. The van der Waals surface area contributed by atoms with Crippen LogP contribution in [0.5, 0.6) is 0 Å². The lowest BCUT2D eigenvalue weighted by Gasteiger charge is -2.37. The zero-order valence-electron chi connectivity index (χ0n) is 14.6. The molecule has 0 bridgehead atoms. The van der Waals surface area contributed by atoms with Crippen molar-refractivity contribution in [3.8, 4) is 0 Å². The van der Waals surface area contributed by atoms with Crippen molar-refractivity contribution in [2.75, 3.05) is 13.1 Å². The number of rotatable bonds is 6. The molecule has 2 amide bonds. The lowest BCUT2D eigenvalue weighted by atomic mass is 9.76. The summed E-state index contributed by atoms with van der Waals surface area (Å²) in [6.07, 6.45) is 6.78. The maximum absolute atomic E-state index is 12.4. The van der Waals surface area contributed by atoms with Crippen molar-refractivity contribution in [1.82, 2.24) is 15.2 Å². The minimum absolute atomic E-state index is 0.0610. The van der Waals surface area contributed by atoms with Gasteiger partial charge in [-0.25, -0.2) is 0 Å². The van der Waals surface area contributed by atoms with E-state index in [9.17, 15) is 14.7 Å². The fourth-order valence-electron chi connectivity index (χ4n) is 3.65. The average Bonchev–Trinajstić information content (AvgIpc) is 2.80. The minimum atomic E-state index is -0.275. The van der Waals surface area contributed by atoms with E-state index in [0.29, 0.717) is 32.2 Å². The Hall–Kier alpha value is -1.95. The molecule has 1 saturated heterocycles. The quantitative estimate of drug-likeness (QED) is 0.824. The average molecular weight is 345 g/mol.